The number of nitrogens with one attached hydrogen (secondary N) is 1. The Morgan fingerprint density at radius 3 is 3.07 bits per heavy atom. The van der Waals surface area contributed by atoms with Crippen LogP contribution in [-0.2, 0) is 6.42 Å². The van der Waals surface area contributed by atoms with E-state index < -0.39 is 0 Å². The Morgan fingerprint density at radius 1 is 1.57 bits per heavy atom. The summed E-state index contributed by atoms with van der Waals surface area (Å²) in [6, 6.07) is 0. The van der Waals surface area contributed by atoms with Gasteiger partial charge in [0.15, 0.2) is 0 Å². The number of hydrogen-bond donors (Lipinski definition) is 1. The Bertz CT molecular complexity index is 298. The van der Waals surface area contributed by atoms with Crippen LogP contribution in [0.25, 0.3) is 0 Å². The molecule has 0 aliphatic carbocycles. The highest BCUT2D eigenvalue weighted by Crippen LogP contribution is 2.11. The van der Waals surface area contributed by atoms with Crippen molar-refractivity contribution in [3.63, 3.8) is 0 Å². The molecule has 1 N–H and O–H groups in total. The van der Waals surface area contributed by atoms with Crippen LogP contribution in [0.3, 0.4) is 0 Å². The second-order valence-electron chi connectivity index (χ2n) is 3.17. The first kappa shape index (κ1) is 11.2. The first-order chi connectivity index (χ1) is 6.84. The summed E-state index contributed by atoms with van der Waals surface area (Å²) in [4.78, 5) is 5.59. The normalized spacial score (nSPS) is 10.0. The Labute approximate surface area is 89.8 Å². The third kappa shape index (κ3) is 3.91. The number of aryl methyl sites for hydroxylation is 1. The van der Waals surface area contributed by atoms with Gasteiger partial charge in [0.1, 0.15) is 0 Å². The molecule has 0 spiro atoms. The van der Waals surface area contributed by atoms with Crippen molar-refractivity contribution >= 4 is 11.3 Å². The summed E-state index contributed by atoms with van der Waals surface area (Å²) in [5, 5.41) is 3.37. The summed E-state index contributed by atoms with van der Waals surface area (Å²) in [7, 11) is 0. The van der Waals surface area contributed by atoms with E-state index >= 15 is 0 Å². The van der Waals surface area contributed by atoms with Crippen LogP contribution >= 0.6 is 11.3 Å². The van der Waals surface area contributed by atoms with Gasteiger partial charge in [-0.25, -0.2) is 4.98 Å². The maximum absolute atomic E-state index is 5.16. The van der Waals surface area contributed by atoms with E-state index in [1.54, 1.807) is 11.3 Å². The van der Waals surface area contributed by atoms with Crippen molar-refractivity contribution in [2.75, 3.05) is 13.1 Å². The van der Waals surface area contributed by atoms with Crippen molar-refractivity contribution in [3.05, 3.63) is 16.1 Å². The average Bonchev–Trinajstić information content (AvgIpc) is 2.58. The van der Waals surface area contributed by atoms with Crippen LogP contribution in [0.2, 0.25) is 0 Å². The molecule has 0 radical (unpaired) electrons. The highest BCUT2D eigenvalue weighted by Gasteiger charge is 1.99. The fourth-order valence-corrected chi connectivity index (χ4v) is 1.99. The summed E-state index contributed by atoms with van der Waals surface area (Å²) in [6.07, 6.45) is 8.17. The zero-order valence-electron chi connectivity index (χ0n) is 8.55. The van der Waals surface area contributed by atoms with Crippen molar-refractivity contribution in [2.45, 2.75) is 26.2 Å². The molecule has 0 saturated carbocycles. The van der Waals surface area contributed by atoms with Gasteiger partial charge in [-0.2, -0.15) is 0 Å². The Hall–Kier alpha value is -0.850. The Balaban J connectivity index is 2.05. The largest absolute Gasteiger partial charge is 0.316 e. The standard InChI is InChI=1S/C11H16N2S/c1-3-4-5-7-12-8-6-11-10(2)13-9-14-11/h1,9,12H,4-8H2,2H3. The SMILES string of the molecule is C#CCCCNCCc1scnc1C. The van der Waals surface area contributed by atoms with Gasteiger partial charge in [0.2, 0.25) is 0 Å². The van der Waals surface area contributed by atoms with E-state index in [1.807, 2.05) is 5.51 Å². The molecule has 0 saturated heterocycles. The van der Waals surface area contributed by atoms with Gasteiger partial charge in [0.25, 0.3) is 0 Å². The van der Waals surface area contributed by atoms with Gasteiger partial charge in [-0.1, -0.05) is 0 Å². The zero-order chi connectivity index (χ0) is 10.2. The molecule has 1 heterocycles. The second kappa shape index (κ2) is 6.58. The van der Waals surface area contributed by atoms with Crippen LogP contribution < -0.4 is 5.32 Å². The van der Waals surface area contributed by atoms with Crippen molar-refractivity contribution < 1.29 is 0 Å². The molecular weight excluding hydrogens is 192 g/mol. The molecule has 1 aromatic rings. The topological polar surface area (TPSA) is 24.9 Å². The van der Waals surface area contributed by atoms with E-state index in [9.17, 15) is 0 Å². The lowest BCUT2D eigenvalue weighted by Crippen LogP contribution is -2.18. The number of hydrogen-bond acceptors (Lipinski definition) is 3. The van der Waals surface area contributed by atoms with Gasteiger partial charge >= 0.3 is 0 Å². The van der Waals surface area contributed by atoms with E-state index in [0.29, 0.717) is 0 Å². The predicted octanol–water partition coefficient (Wildman–Crippen LogP) is 2.00. The van der Waals surface area contributed by atoms with Crippen LogP contribution in [0.4, 0.5) is 0 Å². The number of aromatic nitrogens is 1. The number of unbranched alkanes of at least 4 members (excludes halogenated alkanes) is 1. The fourth-order valence-electron chi connectivity index (χ4n) is 1.21. The summed E-state index contributed by atoms with van der Waals surface area (Å²) >= 11 is 1.73. The Kier molecular flexibility index (Phi) is 5.28. The summed E-state index contributed by atoms with van der Waals surface area (Å²) in [5.41, 5.74) is 3.07. The van der Waals surface area contributed by atoms with Gasteiger partial charge in [0, 0.05) is 17.8 Å². The van der Waals surface area contributed by atoms with Gasteiger partial charge in [-0.05, 0) is 26.3 Å². The number of terminal acetylenes is 1. The van der Waals surface area contributed by atoms with Crippen LogP contribution in [0, 0.1) is 19.3 Å². The van der Waals surface area contributed by atoms with Gasteiger partial charge in [0.05, 0.1) is 11.2 Å². The Morgan fingerprint density at radius 2 is 2.43 bits per heavy atom. The van der Waals surface area contributed by atoms with Crippen molar-refractivity contribution in [1.82, 2.24) is 10.3 Å². The second-order valence-corrected chi connectivity index (χ2v) is 4.11. The number of thiazole rings is 1. The molecular formula is C11H16N2S. The molecule has 0 bridgehead atoms. The molecule has 0 amide bonds. The number of nitrogens with zero attached hydrogens (tertiary/aromatic N) is 1. The molecule has 14 heavy (non-hydrogen) atoms. The highest BCUT2D eigenvalue weighted by molar-refractivity contribution is 7.09. The minimum absolute atomic E-state index is 0.868. The molecule has 0 atom stereocenters. The number of rotatable bonds is 6. The van der Waals surface area contributed by atoms with Crippen molar-refractivity contribution in [1.29, 1.82) is 0 Å². The smallest absolute Gasteiger partial charge is 0.0797 e. The lowest BCUT2D eigenvalue weighted by atomic mass is 10.3. The molecule has 1 aromatic heterocycles. The molecule has 0 aliphatic heterocycles. The zero-order valence-corrected chi connectivity index (χ0v) is 9.36. The third-order valence-corrected chi connectivity index (χ3v) is 3.04. The minimum Gasteiger partial charge on any atom is -0.316 e. The van der Waals surface area contributed by atoms with Gasteiger partial charge < -0.3 is 5.32 Å². The van der Waals surface area contributed by atoms with Crippen LogP contribution in [-0.4, -0.2) is 18.1 Å². The van der Waals surface area contributed by atoms with Gasteiger partial charge in [-0.15, -0.1) is 23.7 Å². The molecule has 0 unspecified atom stereocenters. The molecule has 1 rings (SSSR count). The molecule has 0 aliphatic rings. The van der Waals surface area contributed by atoms with E-state index in [2.05, 4.69) is 23.1 Å². The summed E-state index contributed by atoms with van der Waals surface area (Å²) < 4.78 is 0. The first-order valence-electron chi connectivity index (χ1n) is 4.87. The van der Waals surface area contributed by atoms with Crippen molar-refractivity contribution in [2.24, 2.45) is 0 Å². The molecule has 3 heteroatoms. The van der Waals surface area contributed by atoms with Crippen molar-refractivity contribution in [3.8, 4) is 12.3 Å². The van der Waals surface area contributed by atoms with Crippen LogP contribution in [0.1, 0.15) is 23.4 Å². The molecule has 76 valence electrons. The maximum atomic E-state index is 5.16. The third-order valence-electron chi connectivity index (χ3n) is 2.05. The van der Waals surface area contributed by atoms with E-state index in [4.69, 9.17) is 6.42 Å². The summed E-state index contributed by atoms with van der Waals surface area (Å²) in [6.45, 7) is 4.10. The monoisotopic (exact) mass is 208 g/mol. The highest BCUT2D eigenvalue weighted by atomic mass is 32.1. The van der Waals surface area contributed by atoms with E-state index in [0.717, 1.165) is 32.4 Å². The van der Waals surface area contributed by atoms with E-state index in [-0.39, 0.29) is 0 Å². The lowest BCUT2D eigenvalue weighted by molar-refractivity contribution is 0.658. The molecule has 0 fully saturated rings. The van der Waals surface area contributed by atoms with Crippen LogP contribution in [0.15, 0.2) is 5.51 Å². The first-order valence-corrected chi connectivity index (χ1v) is 5.75. The lowest BCUT2D eigenvalue weighted by Gasteiger charge is -2.01. The van der Waals surface area contributed by atoms with E-state index in [1.165, 1.54) is 10.6 Å². The molecule has 0 aromatic carbocycles. The fraction of sp³-hybridized carbons (Fsp3) is 0.545. The van der Waals surface area contributed by atoms with Crippen LogP contribution in [0.5, 0.6) is 0 Å². The summed E-state index contributed by atoms with van der Waals surface area (Å²) in [5.74, 6) is 2.63. The minimum atomic E-state index is 0.868. The molecule has 2 nitrogen and oxygen atoms in total. The average molecular weight is 208 g/mol. The van der Waals surface area contributed by atoms with Gasteiger partial charge in [-0.3, -0.25) is 0 Å². The predicted molar refractivity (Wildman–Crippen MR) is 61.5 cm³/mol. The quantitative estimate of drug-likeness (QED) is 0.571. The maximum Gasteiger partial charge on any atom is 0.0797 e.